The minimum atomic E-state index is -0.895. The number of nitrogens with zero attached hydrogens (tertiary/aromatic N) is 2. The van der Waals surface area contributed by atoms with Crippen LogP contribution in [0.3, 0.4) is 0 Å². The molecule has 7 atom stereocenters. The number of fused-ring (bicyclic) bond motifs is 1. The van der Waals surface area contributed by atoms with Gasteiger partial charge in [-0.1, -0.05) is 37.3 Å². The number of anilines is 3. The summed E-state index contributed by atoms with van der Waals surface area (Å²) in [7, 11) is 0. The molecule has 47 heavy (non-hydrogen) atoms. The summed E-state index contributed by atoms with van der Waals surface area (Å²) in [5.41, 5.74) is 3.06. The first-order valence-corrected chi connectivity index (χ1v) is 17.5. The topological polar surface area (TPSA) is 111 Å². The molecule has 3 N–H and O–H groups in total. The molecule has 0 aromatic heterocycles. The van der Waals surface area contributed by atoms with Crippen LogP contribution in [-0.4, -0.2) is 70.1 Å². The van der Waals surface area contributed by atoms with Crippen LogP contribution in [0.2, 0.25) is 0 Å². The molecule has 6 rings (SSSR count). The molecule has 0 radical (unpaired) electrons. The van der Waals surface area contributed by atoms with Gasteiger partial charge in [-0.2, -0.15) is 0 Å². The summed E-state index contributed by atoms with van der Waals surface area (Å²) in [6, 6.07) is 22.6. The van der Waals surface area contributed by atoms with E-state index in [1.165, 1.54) is 0 Å². The van der Waals surface area contributed by atoms with Crippen LogP contribution in [0.1, 0.15) is 45.7 Å². The maximum Gasteiger partial charge on any atom is 0.248 e. The summed E-state index contributed by atoms with van der Waals surface area (Å²) in [4.78, 5) is 47.2. The highest BCUT2D eigenvalue weighted by atomic mass is 32.2. The van der Waals surface area contributed by atoms with E-state index >= 15 is 0 Å². The summed E-state index contributed by atoms with van der Waals surface area (Å²) < 4.78 is 4.71. The first-order chi connectivity index (χ1) is 22.8. The minimum absolute atomic E-state index is 0.0121. The van der Waals surface area contributed by atoms with Crippen LogP contribution in [0.5, 0.6) is 5.75 Å². The van der Waals surface area contributed by atoms with Crippen molar-refractivity contribution < 1.29 is 24.2 Å². The number of benzene rings is 3. The van der Waals surface area contributed by atoms with E-state index in [9.17, 15) is 19.5 Å². The fraction of sp³-hybridized carbons (Fsp3) is 0.432. The van der Waals surface area contributed by atoms with Crippen LogP contribution in [0.25, 0.3) is 0 Å². The van der Waals surface area contributed by atoms with E-state index in [4.69, 9.17) is 4.74 Å². The van der Waals surface area contributed by atoms with Gasteiger partial charge in [-0.3, -0.25) is 14.4 Å². The summed E-state index contributed by atoms with van der Waals surface area (Å²) in [6.45, 7) is 10.1. The van der Waals surface area contributed by atoms with E-state index in [2.05, 4.69) is 36.3 Å². The van der Waals surface area contributed by atoms with Gasteiger partial charge in [0.1, 0.15) is 11.8 Å². The monoisotopic (exact) mass is 656 g/mol. The predicted octanol–water partition coefficient (Wildman–Crippen LogP) is 5.58. The SMILES string of the molecule is CCOc1ccc(NC(=O)[C@@H]2[C@@H]3CC(C)C4(S3)C(C(=O)Nc3ccc(N(CC)CC)cc3)N([C@H](CO)c3ccccc3)C(=O)[C@H]24)cc1. The maximum atomic E-state index is 14.7. The predicted molar refractivity (Wildman–Crippen MR) is 187 cm³/mol. The Balaban J connectivity index is 1.35. The van der Waals surface area contributed by atoms with Gasteiger partial charge in [-0.15, -0.1) is 11.8 Å². The van der Waals surface area contributed by atoms with E-state index in [1.807, 2.05) is 61.5 Å². The smallest absolute Gasteiger partial charge is 0.248 e. The normalized spacial score (nSPS) is 26.5. The molecule has 3 saturated heterocycles. The molecule has 3 unspecified atom stereocenters. The zero-order valence-electron chi connectivity index (χ0n) is 27.4. The van der Waals surface area contributed by atoms with Crippen LogP contribution in [-0.2, 0) is 14.4 Å². The lowest BCUT2D eigenvalue weighted by Crippen LogP contribution is -2.55. The molecule has 3 amide bonds. The number of thioether (sulfide) groups is 1. The highest BCUT2D eigenvalue weighted by Gasteiger charge is 2.76. The van der Waals surface area contributed by atoms with Gasteiger partial charge < -0.3 is 30.3 Å². The highest BCUT2D eigenvalue weighted by Crippen LogP contribution is 2.69. The number of ether oxygens (including phenoxy) is 1. The van der Waals surface area contributed by atoms with Gasteiger partial charge in [-0.05, 0) is 87.2 Å². The Kier molecular flexibility index (Phi) is 9.53. The molecule has 3 aliphatic rings. The molecule has 3 aromatic carbocycles. The van der Waals surface area contributed by atoms with Gasteiger partial charge in [0.05, 0.1) is 35.8 Å². The lowest BCUT2D eigenvalue weighted by molar-refractivity contribution is -0.141. The van der Waals surface area contributed by atoms with Crippen molar-refractivity contribution >= 4 is 46.5 Å². The molecule has 3 aliphatic heterocycles. The van der Waals surface area contributed by atoms with E-state index < -0.39 is 28.7 Å². The third-order valence-corrected chi connectivity index (χ3v) is 12.2. The van der Waals surface area contributed by atoms with Crippen molar-refractivity contribution in [3.05, 3.63) is 84.4 Å². The van der Waals surface area contributed by atoms with Crippen LogP contribution in [0.4, 0.5) is 17.1 Å². The van der Waals surface area contributed by atoms with Crippen molar-refractivity contribution in [3.63, 3.8) is 0 Å². The number of aliphatic hydroxyl groups is 1. The average molecular weight is 657 g/mol. The van der Waals surface area contributed by atoms with E-state index in [0.717, 1.165) is 24.3 Å². The number of hydrogen-bond acceptors (Lipinski definition) is 7. The first-order valence-electron chi connectivity index (χ1n) is 16.6. The number of hydrogen-bond donors (Lipinski definition) is 3. The van der Waals surface area contributed by atoms with Gasteiger partial charge in [0.2, 0.25) is 17.7 Å². The van der Waals surface area contributed by atoms with E-state index in [-0.39, 0.29) is 35.5 Å². The summed E-state index contributed by atoms with van der Waals surface area (Å²) in [5, 5.41) is 16.8. The summed E-state index contributed by atoms with van der Waals surface area (Å²) in [6.07, 6.45) is 0.709. The number of likely N-dealkylation sites (tertiary alicyclic amines) is 1. The molecule has 248 valence electrons. The van der Waals surface area contributed by atoms with Crippen LogP contribution >= 0.6 is 11.8 Å². The lowest BCUT2D eigenvalue weighted by atomic mass is 9.66. The number of aliphatic hydroxyl groups excluding tert-OH is 1. The fourth-order valence-corrected chi connectivity index (χ4v) is 10.4. The molecular formula is C37H44N4O5S. The molecular weight excluding hydrogens is 612 g/mol. The van der Waals surface area contributed by atoms with Crippen LogP contribution < -0.4 is 20.3 Å². The zero-order valence-corrected chi connectivity index (χ0v) is 28.2. The first kappa shape index (κ1) is 32.9. The number of nitrogens with one attached hydrogen (secondary N) is 2. The van der Waals surface area contributed by atoms with Crippen molar-refractivity contribution in [1.29, 1.82) is 0 Å². The second-order valence-corrected chi connectivity index (χ2v) is 14.1. The lowest BCUT2D eigenvalue weighted by Gasteiger charge is -2.40. The molecule has 3 aromatic rings. The standard InChI is InChI=1S/C37H44N4O5S/c1-5-40(6-2)27-17-13-25(14-18-27)39-35(44)33-37-23(4)21-30(47-37)31(34(43)38-26-15-19-28(20-16-26)46-7-3)32(37)36(45)41(33)29(22-42)24-11-9-8-10-12-24/h8-20,23,29-33,42H,5-7,21-22H2,1-4H3,(H,38,43)(H,39,44)/t23?,29-,30+,31-,32+,33?,37?/m1/s1. The van der Waals surface area contributed by atoms with Crippen molar-refractivity contribution in [2.45, 2.75) is 56.2 Å². The van der Waals surface area contributed by atoms with Gasteiger partial charge in [0.15, 0.2) is 0 Å². The van der Waals surface area contributed by atoms with Gasteiger partial charge in [-0.25, -0.2) is 0 Å². The molecule has 0 saturated carbocycles. The Hall–Kier alpha value is -4.02. The quantitative estimate of drug-likeness (QED) is 0.234. The number of carbonyl (C=O) groups excluding carboxylic acids is 3. The second kappa shape index (κ2) is 13.6. The van der Waals surface area contributed by atoms with Crippen molar-refractivity contribution in [3.8, 4) is 5.75 Å². The van der Waals surface area contributed by atoms with Gasteiger partial charge in [0.25, 0.3) is 0 Å². The number of carbonyl (C=O) groups is 3. The molecule has 9 nitrogen and oxygen atoms in total. The molecule has 3 fully saturated rings. The summed E-state index contributed by atoms with van der Waals surface area (Å²) in [5.74, 6) is -1.45. The molecule has 10 heteroatoms. The Morgan fingerprint density at radius 1 is 0.957 bits per heavy atom. The van der Waals surface area contributed by atoms with Gasteiger partial charge in [0, 0.05) is 35.4 Å². The van der Waals surface area contributed by atoms with Crippen LogP contribution in [0, 0.1) is 17.8 Å². The maximum absolute atomic E-state index is 14.7. The second-order valence-electron chi connectivity index (χ2n) is 12.6. The number of rotatable bonds is 12. The number of amides is 3. The molecule has 0 aliphatic carbocycles. The average Bonchev–Trinajstić information content (AvgIpc) is 3.68. The zero-order chi connectivity index (χ0) is 33.3. The molecule has 3 heterocycles. The largest absolute Gasteiger partial charge is 0.494 e. The van der Waals surface area contributed by atoms with Gasteiger partial charge >= 0.3 is 0 Å². The molecule has 1 spiro atoms. The minimum Gasteiger partial charge on any atom is -0.494 e. The van der Waals surface area contributed by atoms with Crippen molar-refractivity contribution in [2.24, 2.45) is 17.8 Å². The van der Waals surface area contributed by atoms with E-state index in [0.29, 0.717) is 30.2 Å². The third-order valence-electron chi connectivity index (χ3n) is 10.1. The highest BCUT2D eigenvalue weighted by molar-refractivity contribution is 8.02. The molecule has 2 bridgehead atoms. The Morgan fingerprint density at radius 3 is 2.17 bits per heavy atom. The Morgan fingerprint density at radius 2 is 1.57 bits per heavy atom. The Labute approximate surface area is 281 Å². The van der Waals surface area contributed by atoms with Crippen molar-refractivity contribution in [2.75, 3.05) is 41.8 Å². The fourth-order valence-electron chi connectivity index (χ4n) is 8.01. The van der Waals surface area contributed by atoms with E-state index in [1.54, 1.807) is 40.9 Å². The summed E-state index contributed by atoms with van der Waals surface area (Å²) >= 11 is 1.61. The third kappa shape index (κ3) is 5.75. The van der Waals surface area contributed by atoms with Crippen molar-refractivity contribution in [1.82, 2.24) is 4.90 Å². The Bertz CT molecular complexity index is 1580. The van der Waals surface area contributed by atoms with Crippen LogP contribution in [0.15, 0.2) is 78.9 Å².